The summed E-state index contributed by atoms with van der Waals surface area (Å²) in [6, 6.07) is 0.241. The second kappa shape index (κ2) is 10.3. The van der Waals surface area contributed by atoms with Crippen LogP contribution in [-0.4, -0.2) is 70.8 Å². The Labute approximate surface area is 147 Å². The third-order valence-electron chi connectivity index (χ3n) is 3.90. The van der Waals surface area contributed by atoms with Crippen molar-refractivity contribution in [2.24, 2.45) is 4.99 Å². The number of nitrogens with one attached hydrogen (secondary N) is 2. The molecule has 0 radical (unpaired) electrons. The lowest BCUT2D eigenvalue weighted by atomic mass is 10.1. The first-order chi connectivity index (χ1) is 11.2. The molecule has 1 heterocycles. The van der Waals surface area contributed by atoms with Gasteiger partial charge in [-0.25, -0.2) is 8.78 Å². The van der Waals surface area contributed by atoms with Crippen LogP contribution in [0.5, 0.6) is 0 Å². The highest BCUT2D eigenvalue weighted by Crippen LogP contribution is 2.12. The maximum Gasteiger partial charge on any atom is 0.251 e. The van der Waals surface area contributed by atoms with Crippen molar-refractivity contribution in [2.45, 2.75) is 57.8 Å². The number of guanidine groups is 1. The van der Waals surface area contributed by atoms with Crippen LogP contribution in [0, 0.1) is 0 Å². The molecule has 0 aromatic rings. The zero-order valence-electron chi connectivity index (χ0n) is 15.3. The second-order valence-electron chi connectivity index (χ2n) is 7.03. The number of likely N-dealkylation sites (tertiary alicyclic amines) is 1. The summed E-state index contributed by atoms with van der Waals surface area (Å²) < 4.78 is 36.6. The summed E-state index contributed by atoms with van der Waals surface area (Å²) in [5.74, 6) is 1.25. The Bertz CT molecular complexity index is 419. The molecule has 0 spiro atoms. The van der Waals surface area contributed by atoms with Crippen LogP contribution >= 0.6 is 0 Å². The first kappa shape index (κ1) is 21.3. The minimum atomic E-state index is -2.27. The molecule has 24 heavy (non-hydrogen) atoms. The first-order valence-electron chi connectivity index (χ1n) is 8.66. The topological polar surface area (TPSA) is 56.7 Å². The van der Waals surface area contributed by atoms with Crippen LogP contribution in [0.4, 0.5) is 8.78 Å². The lowest BCUT2D eigenvalue weighted by Gasteiger charge is -2.32. The predicted octanol–water partition coefficient (Wildman–Crippen LogP) is 1.82. The van der Waals surface area contributed by atoms with Gasteiger partial charge in [-0.2, -0.15) is 0 Å². The molecule has 1 aliphatic rings. The Hall–Kier alpha value is -0.760. The molecule has 1 atom stereocenters. The smallest absolute Gasteiger partial charge is 0.251 e. The van der Waals surface area contributed by atoms with Crippen LogP contribution in [0.25, 0.3) is 0 Å². The first-order valence-corrected chi connectivity index (χ1v) is 9.98. The normalized spacial score (nSPS) is 19.5. The van der Waals surface area contributed by atoms with Crippen molar-refractivity contribution >= 4 is 16.8 Å². The van der Waals surface area contributed by atoms with Gasteiger partial charge in [0.15, 0.2) is 5.96 Å². The molecule has 1 aliphatic heterocycles. The Kier molecular flexibility index (Phi) is 9.12. The van der Waals surface area contributed by atoms with Crippen LogP contribution in [0.2, 0.25) is 0 Å². The number of halogens is 2. The number of aliphatic imine (C=N–C) groups is 1. The molecule has 1 saturated heterocycles. The molecule has 0 bridgehead atoms. The van der Waals surface area contributed by atoms with E-state index in [0.717, 1.165) is 25.3 Å². The molecule has 0 aromatic heterocycles. The van der Waals surface area contributed by atoms with Gasteiger partial charge in [-0.1, -0.05) is 0 Å². The summed E-state index contributed by atoms with van der Waals surface area (Å²) in [5.41, 5.74) is 0. The fourth-order valence-corrected chi connectivity index (χ4v) is 3.38. The number of alkyl halides is 2. The fourth-order valence-electron chi connectivity index (χ4n) is 2.51. The van der Waals surface area contributed by atoms with E-state index in [9.17, 15) is 13.0 Å². The summed E-state index contributed by atoms with van der Waals surface area (Å²) in [5, 5.41) is 6.56. The number of piperidine rings is 1. The molecule has 8 heteroatoms. The lowest BCUT2D eigenvalue weighted by molar-refractivity contribution is 0.0744. The molecule has 2 N–H and O–H groups in total. The fraction of sp³-hybridized carbons (Fsp3) is 0.938. The third-order valence-corrected chi connectivity index (χ3v) is 5.82. The third kappa shape index (κ3) is 8.37. The molecule has 1 unspecified atom stereocenters. The number of hydrogen-bond acceptors (Lipinski definition) is 3. The van der Waals surface area contributed by atoms with Crippen molar-refractivity contribution in [3.05, 3.63) is 0 Å². The van der Waals surface area contributed by atoms with E-state index >= 15 is 0 Å². The summed E-state index contributed by atoms with van der Waals surface area (Å²) in [6.07, 6.45) is -0.618. The van der Waals surface area contributed by atoms with Gasteiger partial charge in [-0.3, -0.25) is 14.1 Å². The number of nitrogens with zero attached hydrogens (tertiary/aromatic N) is 2. The van der Waals surface area contributed by atoms with Gasteiger partial charge in [0.1, 0.15) is 0 Å². The Balaban J connectivity index is 2.43. The van der Waals surface area contributed by atoms with Gasteiger partial charge in [0, 0.05) is 47.0 Å². The second-order valence-corrected chi connectivity index (χ2v) is 9.36. The van der Waals surface area contributed by atoms with E-state index in [0.29, 0.717) is 25.4 Å². The van der Waals surface area contributed by atoms with Crippen molar-refractivity contribution in [1.82, 2.24) is 15.5 Å². The Morgan fingerprint density at radius 1 is 1.33 bits per heavy atom. The van der Waals surface area contributed by atoms with Gasteiger partial charge in [-0.15, -0.1) is 0 Å². The van der Waals surface area contributed by atoms with Crippen molar-refractivity contribution in [3.8, 4) is 0 Å². The average Bonchev–Trinajstić information content (AvgIpc) is 2.47. The van der Waals surface area contributed by atoms with Gasteiger partial charge in [-0.05, 0) is 40.5 Å². The highest BCUT2D eigenvalue weighted by molar-refractivity contribution is 7.86. The van der Waals surface area contributed by atoms with Crippen LogP contribution in [0.15, 0.2) is 4.99 Å². The highest BCUT2D eigenvalue weighted by atomic mass is 32.2. The average molecular weight is 367 g/mol. The molecule has 0 amide bonds. The van der Waals surface area contributed by atoms with Gasteiger partial charge in [0.05, 0.1) is 13.1 Å². The summed E-state index contributed by atoms with van der Waals surface area (Å²) in [7, 11) is -0.915. The van der Waals surface area contributed by atoms with E-state index in [2.05, 4.69) is 15.6 Å². The standard InChI is InChI=1S/C16H32F2N4OS/c1-5-19-15(20-8-11-24(23)16(2,3)4)21-13-6-9-22(10-7-13)12-14(17)18/h13-14H,5-12H2,1-4H3,(H2,19,20,21). The van der Waals surface area contributed by atoms with Crippen LogP contribution in [0.3, 0.4) is 0 Å². The van der Waals surface area contributed by atoms with E-state index < -0.39 is 17.2 Å². The van der Waals surface area contributed by atoms with Crippen molar-refractivity contribution < 1.29 is 13.0 Å². The molecular formula is C16H32F2N4OS. The summed E-state index contributed by atoms with van der Waals surface area (Å²) in [6.45, 7) is 10.3. The summed E-state index contributed by atoms with van der Waals surface area (Å²) in [4.78, 5) is 6.30. The molecule has 1 fully saturated rings. The van der Waals surface area contributed by atoms with Crippen molar-refractivity contribution in [2.75, 3.05) is 38.5 Å². The lowest BCUT2D eigenvalue weighted by Crippen LogP contribution is -2.49. The SMILES string of the molecule is CCNC(=NCCS(=O)C(C)(C)C)NC1CCN(CC(F)F)CC1. The monoisotopic (exact) mass is 366 g/mol. The molecule has 0 aliphatic carbocycles. The minimum Gasteiger partial charge on any atom is -0.357 e. The molecule has 142 valence electrons. The molecule has 0 saturated carbocycles. The number of hydrogen-bond donors (Lipinski definition) is 2. The van der Waals surface area contributed by atoms with Gasteiger partial charge >= 0.3 is 0 Å². The zero-order valence-corrected chi connectivity index (χ0v) is 16.1. The van der Waals surface area contributed by atoms with Crippen LogP contribution < -0.4 is 10.6 Å². The largest absolute Gasteiger partial charge is 0.357 e. The number of rotatable bonds is 7. The van der Waals surface area contributed by atoms with E-state index in [4.69, 9.17) is 0 Å². The Morgan fingerprint density at radius 2 is 1.96 bits per heavy atom. The summed E-state index contributed by atoms with van der Waals surface area (Å²) >= 11 is 0. The maximum atomic E-state index is 12.4. The zero-order chi connectivity index (χ0) is 18.2. The van der Waals surface area contributed by atoms with Crippen molar-refractivity contribution in [1.29, 1.82) is 0 Å². The van der Waals surface area contributed by atoms with Crippen LogP contribution in [0.1, 0.15) is 40.5 Å². The van der Waals surface area contributed by atoms with E-state index in [1.54, 1.807) is 4.90 Å². The minimum absolute atomic E-state index is 0.139. The highest BCUT2D eigenvalue weighted by Gasteiger charge is 2.22. The predicted molar refractivity (Wildman–Crippen MR) is 97.3 cm³/mol. The Morgan fingerprint density at radius 3 is 2.46 bits per heavy atom. The van der Waals surface area contributed by atoms with E-state index in [1.807, 2.05) is 27.7 Å². The van der Waals surface area contributed by atoms with Gasteiger partial charge in [0.2, 0.25) is 0 Å². The van der Waals surface area contributed by atoms with Crippen LogP contribution in [-0.2, 0) is 10.8 Å². The molecular weight excluding hydrogens is 334 g/mol. The quantitative estimate of drug-likeness (QED) is 0.533. The van der Waals surface area contributed by atoms with E-state index in [-0.39, 0.29) is 17.3 Å². The molecule has 0 aromatic carbocycles. The molecule has 5 nitrogen and oxygen atoms in total. The van der Waals surface area contributed by atoms with Gasteiger partial charge in [0.25, 0.3) is 6.43 Å². The van der Waals surface area contributed by atoms with E-state index in [1.165, 1.54) is 0 Å². The maximum absolute atomic E-state index is 12.4. The van der Waals surface area contributed by atoms with Gasteiger partial charge < -0.3 is 10.6 Å². The molecule has 1 rings (SSSR count). The van der Waals surface area contributed by atoms with Crippen molar-refractivity contribution in [3.63, 3.8) is 0 Å².